The highest BCUT2D eigenvalue weighted by Gasteiger charge is 2.51. The molecule has 0 spiro atoms. The molecule has 0 aliphatic carbocycles. The predicted molar refractivity (Wildman–Crippen MR) is 112 cm³/mol. The number of methoxy groups -OCH3 is 1. The third-order valence-electron chi connectivity index (χ3n) is 5.33. The lowest BCUT2D eigenvalue weighted by Crippen LogP contribution is -2.41. The smallest absolute Gasteiger partial charge is 0.494 e. The molecular weight excluding hydrogens is 339 g/mol. The first-order valence-corrected chi connectivity index (χ1v) is 8.98. The van der Waals surface area contributed by atoms with Crippen LogP contribution < -0.4 is 21.3 Å². The molecule has 1 aliphatic rings. The second kappa shape index (κ2) is 6.95. The molecule has 1 aliphatic heterocycles. The zero-order valence-electron chi connectivity index (χ0n) is 16.6. The van der Waals surface area contributed by atoms with Crippen LogP contribution in [-0.4, -0.2) is 25.4 Å². The Morgan fingerprint density at radius 1 is 1.04 bits per heavy atom. The number of anilines is 2. The van der Waals surface area contributed by atoms with Crippen molar-refractivity contribution in [2.24, 2.45) is 0 Å². The lowest BCUT2D eigenvalue weighted by Gasteiger charge is -2.32. The zero-order valence-corrected chi connectivity index (χ0v) is 16.6. The topological polar surface area (TPSA) is 65.7 Å². The van der Waals surface area contributed by atoms with Gasteiger partial charge in [-0.1, -0.05) is 12.6 Å². The number of rotatable bonds is 5. The van der Waals surface area contributed by atoms with Crippen LogP contribution in [0.5, 0.6) is 5.75 Å². The largest absolute Gasteiger partial charge is 0.497 e. The summed E-state index contributed by atoms with van der Waals surface area (Å²) in [6.07, 6.45) is 0. The van der Waals surface area contributed by atoms with Gasteiger partial charge in [0.05, 0.1) is 29.7 Å². The first-order chi connectivity index (χ1) is 12.6. The number of nitrogen functional groups attached to an aromatic ring is 1. The molecule has 2 aromatic rings. The van der Waals surface area contributed by atoms with Gasteiger partial charge in [0.2, 0.25) is 0 Å². The maximum atomic E-state index is 6.16. The van der Waals surface area contributed by atoms with Gasteiger partial charge in [0.25, 0.3) is 0 Å². The van der Waals surface area contributed by atoms with Crippen LogP contribution in [0.1, 0.15) is 33.3 Å². The standard InChI is InChI=1S/C21H27BN2O3/c1-14(15-7-10-17(25-6)11-8-15)24-19-13-16(9-12-18(19)23)22-26-20(2,3)21(4,5)27-22/h7-13,24H,1,23H2,2-6H3. The summed E-state index contributed by atoms with van der Waals surface area (Å²) in [6, 6.07) is 13.4. The van der Waals surface area contributed by atoms with Crippen LogP contribution in [-0.2, 0) is 9.31 Å². The molecule has 1 heterocycles. The van der Waals surface area contributed by atoms with Crippen LogP contribution in [0.4, 0.5) is 11.4 Å². The third-order valence-corrected chi connectivity index (χ3v) is 5.33. The zero-order chi connectivity index (χ0) is 19.8. The first-order valence-electron chi connectivity index (χ1n) is 8.98. The molecule has 0 amide bonds. The Hall–Kier alpha value is -2.44. The minimum absolute atomic E-state index is 0.390. The number of nitrogens with one attached hydrogen (secondary N) is 1. The number of nitrogens with two attached hydrogens (primary N) is 1. The van der Waals surface area contributed by atoms with Gasteiger partial charge >= 0.3 is 7.12 Å². The highest BCUT2D eigenvalue weighted by atomic mass is 16.7. The lowest BCUT2D eigenvalue weighted by molar-refractivity contribution is 0.00578. The van der Waals surface area contributed by atoms with Crippen molar-refractivity contribution >= 4 is 29.7 Å². The molecule has 0 unspecified atom stereocenters. The van der Waals surface area contributed by atoms with Crippen LogP contribution in [0.2, 0.25) is 0 Å². The number of ether oxygens (including phenoxy) is 1. The van der Waals surface area contributed by atoms with Crippen LogP contribution in [0.25, 0.3) is 5.70 Å². The van der Waals surface area contributed by atoms with Crippen molar-refractivity contribution in [1.29, 1.82) is 0 Å². The van der Waals surface area contributed by atoms with Gasteiger partial charge in [0.15, 0.2) is 0 Å². The van der Waals surface area contributed by atoms with Gasteiger partial charge in [-0.15, -0.1) is 0 Å². The van der Waals surface area contributed by atoms with Crippen LogP contribution in [0, 0.1) is 0 Å². The molecule has 0 radical (unpaired) electrons. The Labute approximate surface area is 161 Å². The highest BCUT2D eigenvalue weighted by Crippen LogP contribution is 2.37. The van der Waals surface area contributed by atoms with Crippen LogP contribution in [0.15, 0.2) is 49.0 Å². The van der Waals surface area contributed by atoms with Crippen LogP contribution in [0.3, 0.4) is 0 Å². The molecule has 2 aromatic carbocycles. The Bertz CT molecular complexity index is 831. The predicted octanol–water partition coefficient (Wildman–Crippen LogP) is 3.66. The van der Waals surface area contributed by atoms with Crippen molar-refractivity contribution in [1.82, 2.24) is 0 Å². The average Bonchev–Trinajstić information content (AvgIpc) is 2.84. The van der Waals surface area contributed by atoms with E-state index in [1.807, 2.05) is 70.2 Å². The van der Waals surface area contributed by atoms with Gasteiger partial charge in [-0.3, -0.25) is 0 Å². The molecule has 6 heteroatoms. The number of benzene rings is 2. The van der Waals surface area contributed by atoms with Crippen molar-refractivity contribution in [3.05, 3.63) is 54.6 Å². The third kappa shape index (κ3) is 3.82. The molecule has 0 bridgehead atoms. The van der Waals surface area contributed by atoms with Gasteiger partial charge < -0.3 is 25.1 Å². The quantitative estimate of drug-likeness (QED) is 0.625. The van der Waals surface area contributed by atoms with Crippen molar-refractivity contribution in [2.75, 3.05) is 18.2 Å². The van der Waals surface area contributed by atoms with Crippen molar-refractivity contribution in [3.63, 3.8) is 0 Å². The summed E-state index contributed by atoms with van der Waals surface area (Å²) in [4.78, 5) is 0. The fourth-order valence-corrected chi connectivity index (χ4v) is 2.83. The molecule has 0 atom stereocenters. The van der Waals surface area contributed by atoms with E-state index in [9.17, 15) is 0 Å². The Balaban J connectivity index is 1.80. The van der Waals surface area contributed by atoms with Gasteiger partial charge in [0, 0.05) is 5.70 Å². The second-order valence-corrected chi connectivity index (χ2v) is 7.77. The second-order valence-electron chi connectivity index (χ2n) is 7.77. The van der Waals surface area contributed by atoms with E-state index in [0.717, 1.165) is 28.2 Å². The highest BCUT2D eigenvalue weighted by molar-refractivity contribution is 6.62. The summed E-state index contributed by atoms with van der Waals surface area (Å²) in [5, 5.41) is 3.30. The van der Waals surface area contributed by atoms with E-state index >= 15 is 0 Å². The average molecular weight is 366 g/mol. The SMILES string of the molecule is C=C(Nc1cc(B2OC(C)(C)C(C)(C)O2)ccc1N)c1ccc(OC)cc1. The van der Waals surface area contributed by atoms with Crippen molar-refractivity contribution in [3.8, 4) is 5.75 Å². The Kier molecular flexibility index (Phi) is 4.97. The lowest BCUT2D eigenvalue weighted by atomic mass is 9.78. The molecule has 5 nitrogen and oxygen atoms in total. The fraction of sp³-hybridized carbons (Fsp3) is 0.333. The molecule has 142 valence electrons. The summed E-state index contributed by atoms with van der Waals surface area (Å²) in [6.45, 7) is 12.3. The number of hydrogen-bond donors (Lipinski definition) is 2. The van der Waals surface area contributed by atoms with E-state index in [4.69, 9.17) is 19.8 Å². The fourth-order valence-electron chi connectivity index (χ4n) is 2.83. The molecule has 0 saturated carbocycles. The van der Waals surface area contributed by atoms with Crippen LogP contribution >= 0.6 is 0 Å². The molecule has 3 N–H and O–H groups in total. The Morgan fingerprint density at radius 3 is 2.19 bits per heavy atom. The van der Waals surface area contributed by atoms with E-state index < -0.39 is 7.12 Å². The molecule has 27 heavy (non-hydrogen) atoms. The summed E-state index contributed by atoms with van der Waals surface area (Å²) < 4.78 is 17.5. The normalized spacial score (nSPS) is 17.6. The molecule has 1 saturated heterocycles. The Morgan fingerprint density at radius 2 is 1.63 bits per heavy atom. The molecule has 1 fully saturated rings. The maximum Gasteiger partial charge on any atom is 0.494 e. The van der Waals surface area contributed by atoms with E-state index in [2.05, 4.69) is 11.9 Å². The summed E-state index contributed by atoms with van der Waals surface area (Å²) >= 11 is 0. The number of hydrogen-bond acceptors (Lipinski definition) is 5. The van der Waals surface area contributed by atoms with Gasteiger partial charge in [-0.25, -0.2) is 0 Å². The minimum Gasteiger partial charge on any atom is -0.497 e. The molecule has 3 rings (SSSR count). The van der Waals surface area contributed by atoms with E-state index in [-0.39, 0.29) is 11.2 Å². The maximum absolute atomic E-state index is 6.16. The summed E-state index contributed by atoms with van der Waals surface area (Å²) in [5.74, 6) is 0.800. The van der Waals surface area contributed by atoms with E-state index in [0.29, 0.717) is 5.69 Å². The van der Waals surface area contributed by atoms with Gasteiger partial charge in [-0.05, 0) is 75.1 Å². The van der Waals surface area contributed by atoms with Gasteiger partial charge in [-0.2, -0.15) is 0 Å². The molecule has 0 aromatic heterocycles. The van der Waals surface area contributed by atoms with E-state index in [1.165, 1.54) is 0 Å². The summed E-state index contributed by atoms with van der Waals surface area (Å²) in [7, 11) is 1.20. The minimum atomic E-state index is -0.439. The van der Waals surface area contributed by atoms with E-state index in [1.54, 1.807) is 7.11 Å². The molecular formula is C21H27BN2O3. The first kappa shape index (κ1) is 19.3. The van der Waals surface area contributed by atoms with Crippen molar-refractivity contribution < 1.29 is 14.0 Å². The monoisotopic (exact) mass is 366 g/mol. The van der Waals surface area contributed by atoms with Gasteiger partial charge in [0.1, 0.15) is 5.75 Å². The summed E-state index contributed by atoms with van der Waals surface area (Å²) in [5.41, 5.74) is 9.39. The van der Waals surface area contributed by atoms with Crippen molar-refractivity contribution in [2.45, 2.75) is 38.9 Å².